The lowest BCUT2D eigenvalue weighted by Crippen LogP contribution is -2.36. The Morgan fingerprint density at radius 3 is 2.30 bits per heavy atom. The molecule has 2 unspecified atom stereocenters. The maximum Gasteiger partial charge on any atom is 0.255 e. The van der Waals surface area contributed by atoms with Gasteiger partial charge in [0.1, 0.15) is 0 Å². The van der Waals surface area contributed by atoms with Gasteiger partial charge in [-0.25, -0.2) is 0 Å². The summed E-state index contributed by atoms with van der Waals surface area (Å²) in [6, 6.07) is 24.9. The largest absolute Gasteiger partial charge is 0.382 e. The molecule has 2 aliphatic rings. The fourth-order valence-electron chi connectivity index (χ4n) is 5.21. The second kappa shape index (κ2) is 12.3. The van der Waals surface area contributed by atoms with Gasteiger partial charge < -0.3 is 21.3 Å². The molecule has 1 aliphatic carbocycles. The number of carbonyl (C=O) groups is 1. The molecule has 4 N–H and O–H groups in total. The highest BCUT2D eigenvalue weighted by molar-refractivity contribution is 6.05. The molecular formula is C30H38Cl2N4O. The van der Waals surface area contributed by atoms with Crippen LogP contribution in [-0.2, 0) is 0 Å². The second-order valence-electron chi connectivity index (χ2n) is 10.3. The number of rotatable bonds is 7. The molecule has 0 spiro atoms. The number of anilines is 2. The van der Waals surface area contributed by atoms with E-state index in [2.05, 4.69) is 72.0 Å². The van der Waals surface area contributed by atoms with Crippen LogP contribution in [0.4, 0.5) is 11.4 Å². The van der Waals surface area contributed by atoms with Crippen LogP contribution in [0.2, 0.25) is 0 Å². The monoisotopic (exact) mass is 540 g/mol. The summed E-state index contributed by atoms with van der Waals surface area (Å²) in [7, 11) is 2.17. The molecule has 0 aromatic heterocycles. The minimum Gasteiger partial charge on any atom is -0.382 e. The fraction of sp³-hybridized carbons (Fsp3) is 0.367. The molecule has 0 radical (unpaired) electrons. The van der Waals surface area contributed by atoms with Gasteiger partial charge in [0.2, 0.25) is 0 Å². The van der Waals surface area contributed by atoms with E-state index in [4.69, 9.17) is 5.73 Å². The van der Waals surface area contributed by atoms with Crippen molar-refractivity contribution in [3.05, 3.63) is 83.9 Å². The number of nitrogens with one attached hydrogen (secondary N) is 2. The van der Waals surface area contributed by atoms with Gasteiger partial charge >= 0.3 is 0 Å². The molecule has 37 heavy (non-hydrogen) atoms. The maximum absolute atomic E-state index is 13.2. The van der Waals surface area contributed by atoms with E-state index < -0.39 is 0 Å². The molecule has 3 aromatic rings. The summed E-state index contributed by atoms with van der Waals surface area (Å²) < 4.78 is 0. The Hall–Kier alpha value is -2.57. The zero-order valence-corrected chi connectivity index (χ0v) is 23.2. The Morgan fingerprint density at radius 1 is 1.00 bits per heavy atom. The fourth-order valence-corrected chi connectivity index (χ4v) is 5.21. The third-order valence-electron chi connectivity index (χ3n) is 7.79. The summed E-state index contributed by atoms with van der Waals surface area (Å²) in [6.07, 6.45) is 4.21. The molecule has 1 saturated heterocycles. The van der Waals surface area contributed by atoms with Crippen LogP contribution in [0.1, 0.15) is 54.4 Å². The van der Waals surface area contributed by atoms with E-state index in [1.165, 1.54) is 5.56 Å². The molecule has 7 heteroatoms. The number of benzene rings is 3. The van der Waals surface area contributed by atoms with Gasteiger partial charge in [-0.05, 0) is 81.2 Å². The van der Waals surface area contributed by atoms with Gasteiger partial charge in [0.05, 0.1) is 0 Å². The molecule has 1 aliphatic heterocycles. The molecule has 2 fully saturated rings. The van der Waals surface area contributed by atoms with Crippen LogP contribution in [0.3, 0.4) is 0 Å². The first kappa shape index (κ1) is 29.0. The molecule has 5 nitrogen and oxygen atoms in total. The molecule has 2 atom stereocenters. The lowest BCUT2D eigenvalue weighted by molar-refractivity contribution is 0.102. The minimum absolute atomic E-state index is 0. The van der Waals surface area contributed by atoms with Crippen molar-refractivity contribution < 1.29 is 4.79 Å². The Bertz CT molecular complexity index is 1180. The van der Waals surface area contributed by atoms with Crippen molar-refractivity contribution in [2.45, 2.75) is 50.1 Å². The number of likely N-dealkylation sites (tertiary alicyclic amines) is 1. The summed E-state index contributed by atoms with van der Waals surface area (Å²) in [5, 5.41) is 6.82. The van der Waals surface area contributed by atoms with Crippen LogP contribution >= 0.6 is 24.8 Å². The van der Waals surface area contributed by atoms with Crippen molar-refractivity contribution in [2.24, 2.45) is 5.73 Å². The Kier molecular flexibility index (Phi) is 9.65. The predicted octanol–water partition coefficient (Wildman–Crippen LogP) is 6.55. The third kappa shape index (κ3) is 6.66. The van der Waals surface area contributed by atoms with Gasteiger partial charge in [0.15, 0.2) is 0 Å². The number of carbonyl (C=O) groups excluding carboxylic acids is 1. The standard InChI is InChI=1S/C30H36N4O.2ClH/c1-3-30(31)20-27(30)22-9-12-24(13-10-22)33-29(35)23-11-14-26(21-7-5-4-6-8-21)28(19-23)32-25-15-17-34(2)18-16-25;;/h4-14,19,25,27,32H,3,15-18,20,31H2,1-2H3,(H,33,35);2*1H. The molecule has 5 rings (SSSR count). The predicted molar refractivity (Wildman–Crippen MR) is 159 cm³/mol. The van der Waals surface area contributed by atoms with Crippen LogP contribution in [0.5, 0.6) is 0 Å². The lowest BCUT2D eigenvalue weighted by Gasteiger charge is -2.31. The molecular weight excluding hydrogens is 503 g/mol. The third-order valence-corrected chi connectivity index (χ3v) is 7.79. The number of amides is 1. The summed E-state index contributed by atoms with van der Waals surface area (Å²) in [5.74, 6) is 0.327. The SMILES string of the molecule is CCC1(N)CC1c1ccc(NC(=O)c2ccc(-c3ccccc3)c(NC3CCN(C)CC3)c2)cc1.Cl.Cl. The van der Waals surface area contributed by atoms with Crippen molar-refractivity contribution in [1.82, 2.24) is 4.90 Å². The quantitative estimate of drug-likeness (QED) is 0.317. The highest BCUT2D eigenvalue weighted by Gasteiger charge is 2.49. The first-order chi connectivity index (χ1) is 16.9. The van der Waals surface area contributed by atoms with Crippen molar-refractivity contribution in [1.29, 1.82) is 0 Å². The van der Waals surface area contributed by atoms with Gasteiger partial charge in [0, 0.05) is 40.0 Å². The van der Waals surface area contributed by atoms with Gasteiger partial charge in [-0.2, -0.15) is 0 Å². The normalized spacial score (nSPS) is 21.3. The average Bonchev–Trinajstić information content (AvgIpc) is 3.58. The molecule has 1 amide bonds. The van der Waals surface area contributed by atoms with Crippen molar-refractivity contribution in [2.75, 3.05) is 30.8 Å². The van der Waals surface area contributed by atoms with Gasteiger partial charge in [-0.15, -0.1) is 24.8 Å². The zero-order valence-electron chi connectivity index (χ0n) is 21.6. The molecule has 0 bridgehead atoms. The number of nitrogens with two attached hydrogens (primary N) is 1. The van der Waals surface area contributed by atoms with E-state index in [0.717, 1.165) is 61.3 Å². The number of hydrogen-bond acceptors (Lipinski definition) is 4. The van der Waals surface area contributed by atoms with E-state index in [0.29, 0.717) is 17.5 Å². The average molecular weight is 542 g/mol. The van der Waals surface area contributed by atoms with Crippen LogP contribution in [-0.4, -0.2) is 42.5 Å². The minimum atomic E-state index is -0.100. The van der Waals surface area contributed by atoms with E-state index in [1.54, 1.807) is 0 Å². The van der Waals surface area contributed by atoms with Crippen LogP contribution in [0, 0.1) is 0 Å². The highest BCUT2D eigenvalue weighted by Crippen LogP contribution is 2.51. The van der Waals surface area contributed by atoms with Gasteiger partial charge in [0.25, 0.3) is 5.91 Å². The van der Waals surface area contributed by atoms with E-state index in [-0.39, 0.29) is 36.3 Å². The van der Waals surface area contributed by atoms with E-state index in [9.17, 15) is 4.79 Å². The number of halogens is 2. The van der Waals surface area contributed by atoms with Crippen molar-refractivity contribution in [3.8, 4) is 11.1 Å². The number of piperidine rings is 1. The Labute approximate surface area is 233 Å². The molecule has 198 valence electrons. The highest BCUT2D eigenvalue weighted by atomic mass is 35.5. The lowest BCUT2D eigenvalue weighted by atomic mass is 9.98. The van der Waals surface area contributed by atoms with Crippen molar-refractivity contribution >= 4 is 42.1 Å². The first-order valence-electron chi connectivity index (χ1n) is 12.8. The summed E-state index contributed by atoms with van der Waals surface area (Å²) in [4.78, 5) is 15.5. The molecule has 1 heterocycles. The number of hydrogen-bond donors (Lipinski definition) is 3. The van der Waals surface area contributed by atoms with Crippen LogP contribution < -0.4 is 16.4 Å². The van der Waals surface area contributed by atoms with Crippen molar-refractivity contribution in [3.63, 3.8) is 0 Å². The smallest absolute Gasteiger partial charge is 0.255 e. The van der Waals surface area contributed by atoms with Gasteiger partial charge in [-0.3, -0.25) is 4.79 Å². The zero-order chi connectivity index (χ0) is 24.4. The second-order valence-corrected chi connectivity index (χ2v) is 10.3. The van der Waals surface area contributed by atoms with Gasteiger partial charge in [-0.1, -0.05) is 55.5 Å². The molecule has 1 saturated carbocycles. The number of nitrogens with zero attached hydrogens (tertiary/aromatic N) is 1. The van der Waals surface area contributed by atoms with E-state index in [1.807, 2.05) is 30.3 Å². The summed E-state index contributed by atoms with van der Waals surface area (Å²) in [5.41, 5.74) is 12.3. The summed E-state index contributed by atoms with van der Waals surface area (Å²) >= 11 is 0. The Balaban J connectivity index is 0.00000190. The summed E-state index contributed by atoms with van der Waals surface area (Å²) in [6.45, 7) is 4.31. The van der Waals surface area contributed by atoms with Crippen LogP contribution in [0.15, 0.2) is 72.8 Å². The maximum atomic E-state index is 13.2. The van der Waals surface area contributed by atoms with E-state index >= 15 is 0 Å². The topological polar surface area (TPSA) is 70.4 Å². The van der Waals surface area contributed by atoms with Crippen LogP contribution in [0.25, 0.3) is 11.1 Å². The first-order valence-corrected chi connectivity index (χ1v) is 12.8. The molecule has 3 aromatic carbocycles. The Morgan fingerprint density at radius 2 is 1.68 bits per heavy atom.